The molecule has 1 heterocycles. The summed E-state index contributed by atoms with van der Waals surface area (Å²) in [4.78, 5) is 11.7. The van der Waals surface area contributed by atoms with Crippen molar-refractivity contribution in [2.24, 2.45) is 0 Å². The third-order valence-electron chi connectivity index (χ3n) is 3.18. The van der Waals surface area contributed by atoms with Crippen LogP contribution in [0.25, 0.3) is 11.5 Å². The first kappa shape index (κ1) is 16.2. The van der Waals surface area contributed by atoms with Crippen LogP contribution in [0.2, 0.25) is 0 Å². The molecule has 0 saturated carbocycles. The average molecular weight is 303 g/mol. The molecule has 0 bridgehead atoms. The number of hydrogen-bond acceptors (Lipinski definition) is 5. The molecule has 1 N–H and O–H groups in total. The SMILES string of the molecule is COCCCNC(=O)CCc1nnc(-c2ccc(C)cc2)o1. The van der Waals surface area contributed by atoms with E-state index in [1.807, 2.05) is 31.2 Å². The maximum absolute atomic E-state index is 11.7. The van der Waals surface area contributed by atoms with Crippen LogP contribution in [-0.4, -0.2) is 36.4 Å². The van der Waals surface area contributed by atoms with Crippen LogP contribution in [-0.2, 0) is 16.0 Å². The monoisotopic (exact) mass is 303 g/mol. The van der Waals surface area contributed by atoms with Crippen molar-refractivity contribution in [2.75, 3.05) is 20.3 Å². The minimum absolute atomic E-state index is 0.0220. The Morgan fingerprint density at radius 2 is 2.05 bits per heavy atom. The fraction of sp³-hybridized carbons (Fsp3) is 0.438. The van der Waals surface area contributed by atoms with E-state index in [1.54, 1.807) is 7.11 Å². The first-order valence-electron chi connectivity index (χ1n) is 7.34. The Labute approximate surface area is 129 Å². The van der Waals surface area contributed by atoms with Gasteiger partial charge in [0.2, 0.25) is 17.7 Å². The van der Waals surface area contributed by atoms with Crippen molar-refractivity contribution in [3.05, 3.63) is 35.7 Å². The van der Waals surface area contributed by atoms with E-state index in [1.165, 1.54) is 5.56 Å². The zero-order valence-corrected chi connectivity index (χ0v) is 13.0. The molecule has 0 atom stereocenters. The van der Waals surface area contributed by atoms with Crippen LogP contribution in [0, 0.1) is 6.92 Å². The molecule has 0 fully saturated rings. The molecule has 22 heavy (non-hydrogen) atoms. The molecule has 0 unspecified atom stereocenters. The number of benzene rings is 1. The molecule has 0 spiro atoms. The van der Waals surface area contributed by atoms with E-state index in [9.17, 15) is 4.79 Å². The number of aromatic nitrogens is 2. The van der Waals surface area contributed by atoms with E-state index < -0.39 is 0 Å². The molecule has 118 valence electrons. The van der Waals surface area contributed by atoms with Crippen LogP contribution in [0.4, 0.5) is 0 Å². The van der Waals surface area contributed by atoms with E-state index in [4.69, 9.17) is 9.15 Å². The van der Waals surface area contributed by atoms with Crippen LogP contribution in [0.15, 0.2) is 28.7 Å². The fourth-order valence-corrected chi connectivity index (χ4v) is 1.92. The molecule has 0 saturated heterocycles. The predicted molar refractivity (Wildman–Crippen MR) is 82.3 cm³/mol. The summed E-state index contributed by atoms with van der Waals surface area (Å²) in [6.07, 6.45) is 1.58. The van der Waals surface area contributed by atoms with Crippen LogP contribution in [0.1, 0.15) is 24.3 Å². The van der Waals surface area contributed by atoms with Crippen molar-refractivity contribution in [3.8, 4) is 11.5 Å². The summed E-state index contributed by atoms with van der Waals surface area (Å²) in [5, 5.41) is 10.8. The number of aryl methyl sites for hydroxylation is 2. The van der Waals surface area contributed by atoms with Crippen molar-refractivity contribution in [3.63, 3.8) is 0 Å². The number of hydrogen-bond donors (Lipinski definition) is 1. The first-order chi connectivity index (χ1) is 10.7. The predicted octanol–water partition coefficient (Wildman–Crippen LogP) is 2.13. The van der Waals surface area contributed by atoms with Gasteiger partial charge in [-0.2, -0.15) is 0 Å². The molecule has 1 aromatic carbocycles. The van der Waals surface area contributed by atoms with Crippen molar-refractivity contribution in [2.45, 2.75) is 26.2 Å². The minimum atomic E-state index is -0.0220. The largest absolute Gasteiger partial charge is 0.421 e. The molecule has 6 heteroatoms. The lowest BCUT2D eigenvalue weighted by Gasteiger charge is -2.03. The molecular formula is C16H21N3O3. The first-order valence-corrected chi connectivity index (χ1v) is 7.34. The summed E-state index contributed by atoms with van der Waals surface area (Å²) < 4.78 is 10.5. The van der Waals surface area contributed by atoms with Gasteiger partial charge in [-0.1, -0.05) is 17.7 Å². The normalized spacial score (nSPS) is 10.6. The Kier molecular flexibility index (Phi) is 6.09. The Bertz CT molecular complexity index is 593. The second-order valence-electron chi connectivity index (χ2n) is 5.06. The van der Waals surface area contributed by atoms with E-state index in [2.05, 4.69) is 15.5 Å². The van der Waals surface area contributed by atoms with Gasteiger partial charge >= 0.3 is 0 Å². The third-order valence-corrected chi connectivity index (χ3v) is 3.18. The standard InChI is InChI=1S/C16H21N3O3/c1-12-4-6-13(7-5-12)16-19-18-15(22-16)9-8-14(20)17-10-3-11-21-2/h4-7H,3,8-11H2,1-2H3,(H,17,20). The molecule has 1 aromatic heterocycles. The molecule has 0 radical (unpaired) electrons. The second-order valence-corrected chi connectivity index (χ2v) is 5.06. The smallest absolute Gasteiger partial charge is 0.247 e. The van der Waals surface area contributed by atoms with E-state index >= 15 is 0 Å². The van der Waals surface area contributed by atoms with Gasteiger partial charge in [-0.05, 0) is 25.5 Å². The third kappa shape index (κ3) is 4.96. The van der Waals surface area contributed by atoms with Gasteiger partial charge in [0.15, 0.2) is 0 Å². The average Bonchev–Trinajstić information content (AvgIpc) is 2.99. The molecule has 2 aromatic rings. The van der Waals surface area contributed by atoms with E-state index in [0.717, 1.165) is 12.0 Å². The lowest BCUT2D eigenvalue weighted by atomic mass is 10.1. The van der Waals surface area contributed by atoms with Gasteiger partial charge in [0.25, 0.3) is 0 Å². The molecule has 1 amide bonds. The molecule has 0 aliphatic carbocycles. The van der Waals surface area contributed by atoms with Crippen LogP contribution < -0.4 is 5.32 Å². The number of carbonyl (C=O) groups is 1. The lowest BCUT2D eigenvalue weighted by Crippen LogP contribution is -2.25. The van der Waals surface area contributed by atoms with Crippen LogP contribution in [0.3, 0.4) is 0 Å². The Morgan fingerprint density at radius 3 is 2.77 bits per heavy atom. The maximum atomic E-state index is 11.7. The van der Waals surface area contributed by atoms with Gasteiger partial charge in [0, 0.05) is 38.7 Å². The van der Waals surface area contributed by atoms with Gasteiger partial charge in [-0.15, -0.1) is 10.2 Å². The second kappa shape index (κ2) is 8.29. The van der Waals surface area contributed by atoms with Crippen LogP contribution in [0.5, 0.6) is 0 Å². The summed E-state index contributed by atoms with van der Waals surface area (Å²) in [5.74, 6) is 0.935. The number of ether oxygens (including phenoxy) is 1. The lowest BCUT2D eigenvalue weighted by molar-refractivity contribution is -0.121. The highest BCUT2D eigenvalue weighted by molar-refractivity contribution is 5.75. The fourth-order valence-electron chi connectivity index (χ4n) is 1.92. The molecular weight excluding hydrogens is 282 g/mol. The highest BCUT2D eigenvalue weighted by Crippen LogP contribution is 2.18. The highest BCUT2D eigenvalue weighted by Gasteiger charge is 2.10. The van der Waals surface area contributed by atoms with Gasteiger partial charge in [0.05, 0.1) is 0 Å². The van der Waals surface area contributed by atoms with Gasteiger partial charge in [0.1, 0.15) is 0 Å². The van der Waals surface area contributed by atoms with Gasteiger partial charge < -0.3 is 14.5 Å². The topological polar surface area (TPSA) is 77.2 Å². The maximum Gasteiger partial charge on any atom is 0.247 e. The Hall–Kier alpha value is -2.21. The minimum Gasteiger partial charge on any atom is -0.421 e. The summed E-state index contributed by atoms with van der Waals surface area (Å²) in [6, 6.07) is 7.86. The van der Waals surface area contributed by atoms with Crippen molar-refractivity contribution < 1.29 is 13.9 Å². The number of rotatable bonds is 8. The van der Waals surface area contributed by atoms with Crippen molar-refractivity contribution >= 4 is 5.91 Å². The molecule has 2 rings (SSSR count). The number of carbonyl (C=O) groups excluding carboxylic acids is 1. The van der Waals surface area contributed by atoms with Crippen molar-refractivity contribution in [1.29, 1.82) is 0 Å². The number of nitrogens with one attached hydrogen (secondary N) is 1. The number of nitrogens with zero attached hydrogens (tertiary/aromatic N) is 2. The van der Waals surface area contributed by atoms with E-state index in [-0.39, 0.29) is 5.91 Å². The molecule has 0 aliphatic heterocycles. The van der Waals surface area contributed by atoms with Gasteiger partial charge in [-0.3, -0.25) is 4.79 Å². The summed E-state index contributed by atoms with van der Waals surface area (Å²) in [5.41, 5.74) is 2.06. The molecule has 6 nitrogen and oxygen atoms in total. The number of amides is 1. The summed E-state index contributed by atoms with van der Waals surface area (Å²) in [6.45, 7) is 3.28. The number of methoxy groups -OCH3 is 1. The Morgan fingerprint density at radius 1 is 1.27 bits per heavy atom. The highest BCUT2D eigenvalue weighted by atomic mass is 16.5. The Balaban J connectivity index is 1.79. The quantitative estimate of drug-likeness (QED) is 0.756. The summed E-state index contributed by atoms with van der Waals surface area (Å²) in [7, 11) is 1.64. The van der Waals surface area contributed by atoms with E-state index in [0.29, 0.717) is 37.8 Å². The molecule has 0 aliphatic rings. The van der Waals surface area contributed by atoms with Crippen LogP contribution >= 0.6 is 0 Å². The van der Waals surface area contributed by atoms with Crippen molar-refractivity contribution in [1.82, 2.24) is 15.5 Å². The zero-order chi connectivity index (χ0) is 15.8. The zero-order valence-electron chi connectivity index (χ0n) is 13.0. The van der Waals surface area contributed by atoms with Gasteiger partial charge in [-0.25, -0.2) is 0 Å². The summed E-state index contributed by atoms with van der Waals surface area (Å²) >= 11 is 0.